The van der Waals surface area contributed by atoms with Gasteiger partial charge in [-0.1, -0.05) is 11.6 Å². The minimum absolute atomic E-state index is 0.0101. The van der Waals surface area contributed by atoms with E-state index in [-0.39, 0.29) is 12.5 Å². The Kier molecular flexibility index (Phi) is 5.47. The van der Waals surface area contributed by atoms with Gasteiger partial charge < -0.3 is 9.64 Å². The molecule has 1 aliphatic rings. The number of ether oxygens (including phenoxy) is 1. The highest BCUT2D eigenvalue weighted by atomic mass is 35.5. The number of nitrogens with zero attached hydrogens (tertiary/aromatic N) is 3. The average Bonchev–Trinajstić information content (AvgIpc) is 3.15. The second-order valence-electron chi connectivity index (χ2n) is 6.74. The van der Waals surface area contributed by atoms with Crippen LogP contribution in [0.1, 0.15) is 29.3 Å². The molecule has 0 radical (unpaired) electrons. The Labute approximate surface area is 172 Å². The van der Waals surface area contributed by atoms with Crippen LogP contribution in [0.3, 0.4) is 0 Å². The zero-order valence-electron chi connectivity index (χ0n) is 15.1. The van der Waals surface area contributed by atoms with Gasteiger partial charge in [0, 0.05) is 24.0 Å². The molecule has 2 heterocycles. The van der Waals surface area contributed by atoms with Gasteiger partial charge in [0.15, 0.2) is 6.61 Å². The Morgan fingerprint density at radius 2 is 2.00 bits per heavy atom. The molecule has 0 atom stereocenters. The lowest BCUT2D eigenvalue weighted by Gasteiger charge is -2.31. The first-order valence-electron chi connectivity index (χ1n) is 9.09. The minimum atomic E-state index is -0.0149. The van der Waals surface area contributed by atoms with Gasteiger partial charge in [0.25, 0.3) is 5.91 Å². The third-order valence-electron chi connectivity index (χ3n) is 4.91. The summed E-state index contributed by atoms with van der Waals surface area (Å²) >= 11 is 7.76. The molecule has 2 aromatic carbocycles. The van der Waals surface area contributed by atoms with E-state index in [0.717, 1.165) is 28.1 Å². The Balaban J connectivity index is 1.31. The number of piperidine rings is 1. The van der Waals surface area contributed by atoms with Crippen LogP contribution in [-0.4, -0.2) is 35.5 Å². The van der Waals surface area contributed by atoms with Crippen LogP contribution in [0.15, 0.2) is 42.5 Å². The van der Waals surface area contributed by atoms with Gasteiger partial charge in [-0.05, 0) is 55.3 Å². The second-order valence-corrected chi connectivity index (χ2v) is 8.24. The third kappa shape index (κ3) is 4.11. The first-order chi connectivity index (χ1) is 13.6. The van der Waals surface area contributed by atoms with E-state index in [4.69, 9.17) is 26.6 Å². The maximum absolute atomic E-state index is 12.4. The highest BCUT2D eigenvalue weighted by Crippen LogP contribution is 2.34. The summed E-state index contributed by atoms with van der Waals surface area (Å²) in [4.78, 5) is 19.0. The lowest BCUT2D eigenvalue weighted by Crippen LogP contribution is -2.40. The number of hydrogen-bond donors (Lipinski definition) is 0. The molecule has 1 aliphatic heterocycles. The maximum atomic E-state index is 12.4. The molecule has 0 saturated carbocycles. The van der Waals surface area contributed by atoms with Gasteiger partial charge in [0.05, 0.1) is 26.9 Å². The number of likely N-dealkylation sites (tertiary alicyclic amines) is 1. The summed E-state index contributed by atoms with van der Waals surface area (Å²) < 4.78 is 6.71. The number of nitriles is 1. The van der Waals surface area contributed by atoms with E-state index in [9.17, 15) is 4.79 Å². The lowest BCUT2D eigenvalue weighted by atomic mass is 9.97. The molecule has 0 aliphatic carbocycles. The highest BCUT2D eigenvalue weighted by molar-refractivity contribution is 7.18. The fourth-order valence-corrected chi connectivity index (χ4v) is 4.61. The van der Waals surface area contributed by atoms with E-state index in [1.54, 1.807) is 35.6 Å². The number of halogens is 1. The van der Waals surface area contributed by atoms with Crippen molar-refractivity contribution in [3.63, 3.8) is 0 Å². The van der Waals surface area contributed by atoms with Gasteiger partial charge in [0.2, 0.25) is 0 Å². The lowest BCUT2D eigenvalue weighted by molar-refractivity contribution is -0.134. The molecule has 4 rings (SSSR count). The van der Waals surface area contributed by atoms with Crippen LogP contribution in [0.5, 0.6) is 5.75 Å². The van der Waals surface area contributed by atoms with Crippen molar-refractivity contribution < 1.29 is 9.53 Å². The molecule has 3 aromatic rings. The van der Waals surface area contributed by atoms with E-state index in [1.807, 2.05) is 23.1 Å². The number of benzene rings is 2. The number of amides is 1. The largest absolute Gasteiger partial charge is 0.484 e. The van der Waals surface area contributed by atoms with E-state index in [0.29, 0.717) is 35.3 Å². The predicted octanol–water partition coefficient (Wildman–Crippen LogP) is 4.61. The first-order valence-corrected chi connectivity index (χ1v) is 10.3. The van der Waals surface area contributed by atoms with Crippen LogP contribution in [0, 0.1) is 11.3 Å². The molecular weight excluding hydrogens is 394 g/mol. The van der Waals surface area contributed by atoms with Crippen LogP contribution in [0.2, 0.25) is 5.02 Å². The third-order valence-corrected chi connectivity index (χ3v) is 6.34. The Hall–Kier alpha value is -2.62. The van der Waals surface area contributed by atoms with E-state index in [1.165, 1.54) is 0 Å². The van der Waals surface area contributed by atoms with E-state index >= 15 is 0 Å². The topological polar surface area (TPSA) is 66.2 Å². The SMILES string of the molecule is N#Cc1ccc(OCC(=O)N2CCC(c3nc4cc(Cl)ccc4s3)CC2)cc1. The summed E-state index contributed by atoms with van der Waals surface area (Å²) in [6.45, 7) is 1.42. The predicted molar refractivity (Wildman–Crippen MR) is 110 cm³/mol. The second kappa shape index (κ2) is 8.17. The summed E-state index contributed by atoms with van der Waals surface area (Å²) in [7, 11) is 0. The number of hydrogen-bond acceptors (Lipinski definition) is 5. The Morgan fingerprint density at radius 1 is 1.25 bits per heavy atom. The van der Waals surface area contributed by atoms with Crippen molar-refractivity contribution in [2.24, 2.45) is 0 Å². The standard InChI is InChI=1S/C21H18ClN3O2S/c22-16-3-6-19-18(11-16)24-21(28-19)15-7-9-25(10-8-15)20(26)13-27-17-4-1-14(12-23)2-5-17/h1-6,11,15H,7-10,13H2. The molecule has 142 valence electrons. The highest BCUT2D eigenvalue weighted by Gasteiger charge is 2.26. The van der Waals surface area contributed by atoms with Crippen molar-refractivity contribution >= 4 is 39.1 Å². The van der Waals surface area contributed by atoms with Crippen molar-refractivity contribution in [1.82, 2.24) is 9.88 Å². The summed E-state index contributed by atoms with van der Waals surface area (Å²) in [5, 5.41) is 10.6. The van der Waals surface area contributed by atoms with Crippen molar-refractivity contribution in [1.29, 1.82) is 5.26 Å². The van der Waals surface area contributed by atoms with Crippen LogP contribution < -0.4 is 4.74 Å². The smallest absolute Gasteiger partial charge is 0.260 e. The normalized spacial score (nSPS) is 14.8. The molecule has 0 spiro atoms. The van der Waals surface area contributed by atoms with E-state index < -0.39 is 0 Å². The van der Waals surface area contributed by atoms with Gasteiger partial charge in [-0.25, -0.2) is 4.98 Å². The fourth-order valence-electron chi connectivity index (χ4n) is 3.33. The molecule has 1 amide bonds. The zero-order chi connectivity index (χ0) is 19.5. The van der Waals surface area contributed by atoms with Gasteiger partial charge in [0.1, 0.15) is 5.75 Å². The Bertz CT molecular complexity index is 1030. The molecule has 0 N–H and O–H groups in total. The summed E-state index contributed by atoms with van der Waals surface area (Å²) in [6, 6.07) is 14.6. The zero-order valence-corrected chi connectivity index (χ0v) is 16.7. The summed E-state index contributed by atoms with van der Waals surface area (Å²) in [5.74, 6) is 0.953. The molecular formula is C21H18ClN3O2S. The van der Waals surface area contributed by atoms with Crippen molar-refractivity contribution in [3.05, 3.63) is 58.1 Å². The molecule has 1 fully saturated rings. The molecule has 0 bridgehead atoms. The minimum Gasteiger partial charge on any atom is -0.484 e. The molecule has 7 heteroatoms. The molecule has 1 aromatic heterocycles. The number of carbonyl (C=O) groups is 1. The van der Waals surface area contributed by atoms with Gasteiger partial charge in [-0.3, -0.25) is 4.79 Å². The van der Waals surface area contributed by atoms with E-state index in [2.05, 4.69) is 6.07 Å². The van der Waals surface area contributed by atoms with Crippen molar-refractivity contribution in [3.8, 4) is 11.8 Å². The number of fused-ring (bicyclic) bond motifs is 1. The number of thiazole rings is 1. The van der Waals surface area contributed by atoms with Gasteiger partial charge >= 0.3 is 0 Å². The molecule has 28 heavy (non-hydrogen) atoms. The summed E-state index contributed by atoms with van der Waals surface area (Å²) in [5.41, 5.74) is 1.51. The fraction of sp³-hybridized carbons (Fsp3) is 0.286. The molecule has 1 saturated heterocycles. The van der Waals surface area contributed by atoms with Crippen LogP contribution in [-0.2, 0) is 4.79 Å². The quantitative estimate of drug-likeness (QED) is 0.629. The van der Waals surface area contributed by atoms with Gasteiger partial charge in [-0.15, -0.1) is 11.3 Å². The molecule has 0 unspecified atom stereocenters. The van der Waals surface area contributed by atoms with Crippen molar-refractivity contribution in [2.45, 2.75) is 18.8 Å². The monoisotopic (exact) mass is 411 g/mol. The average molecular weight is 412 g/mol. The van der Waals surface area contributed by atoms with Crippen LogP contribution in [0.4, 0.5) is 0 Å². The van der Waals surface area contributed by atoms with Crippen LogP contribution >= 0.6 is 22.9 Å². The number of carbonyl (C=O) groups excluding carboxylic acids is 1. The van der Waals surface area contributed by atoms with Crippen LogP contribution in [0.25, 0.3) is 10.2 Å². The number of aromatic nitrogens is 1. The summed E-state index contributed by atoms with van der Waals surface area (Å²) in [6.07, 6.45) is 1.80. The number of rotatable bonds is 4. The first kappa shape index (κ1) is 18.7. The van der Waals surface area contributed by atoms with Gasteiger partial charge in [-0.2, -0.15) is 5.26 Å². The maximum Gasteiger partial charge on any atom is 0.260 e. The van der Waals surface area contributed by atoms with Crippen molar-refractivity contribution in [2.75, 3.05) is 19.7 Å². The molecule has 5 nitrogen and oxygen atoms in total. The Morgan fingerprint density at radius 3 is 2.71 bits per heavy atom.